The summed E-state index contributed by atoms with van der Waals surface area (Å²) < 4.78 is 0. The Morgan fingerprint density at radius 3 is 2.70 bits per heavy atom. The van der Waals surface area contributed by atoms with E-state index in [-0.39, 0.29) is 16.6 Å². The van der Waals surface area contributed by atoms with Gasteiger partial charge in [0.25, 0.3) is 0 Å². The number of phenolic OH excluding ortho intramolecular Hbond substituents is 2. The lowest BCUT2D eigenvalue weighted by molar-refractivity contribution is -0.0491. The van der Waals surface area contributed by atoms with E-state index in [9.17, 15) is 10.2 Å². The van der Waals surface area contributed by atoms with Crippen LogP contribution in [0.2, 0.25) is 0 Å². The third-order valence-electron chi connectivity index (χ3n) is 7.20. The van der Waals surface area contributed by atoms with E-state index >= 15 is 0 Å². The lowest BCUT2D eigenvalue weighted by atomic mass is 9.46. The summed E-state index contributed by atoms with van der Waals surface area (Å²) in [6.45, 7) is 11.6. The summed E-state index contributed by atoms with van der Waals surface area (Å²) in [6, 6.07) is 4.90. The molecule has 2 aliphatic rings. The number of benzene rings is 1. The van der Waals surface area contributed by atoms with Crippen LogP contribution in [0.4, 0.5) is 0 Å². The van der Waals surface area contributed by atoms with Crippen LogP contribution >= 0.6 is 0 Å². The molecule has 1 aromatic carbocycles. The SMILES string of the molecule is C=C1CCC[C@@H]2[C@@](C)(Cc3cc(O)ccc3O)[C@H](C)CC[C@@]12C. The fraction of sp³-hybridized carbons (Fsp3) is 0.619. The Kier molecular flexibility index (Phi) is 3.98. The van der Waals surface area contributed by atoms with Crippen molar-refractivity contribution in [1.82, 2.24) is 0 Å². The lowest BCUT2D eigenvalue weighted by Crippen LogP contribution is -2.51. The maximum atomic E-state index is 10.2. The Morgan fingerprint density at radius 1 is 1.22 bits per heavy atom. The summed E-state index contributed by atoms with van der Waals surface area (Å²) >= 11 is 0. The molecule has 2 saturated carbocycles. The molecule has 2 N–H and O–H groups in total. The maximum Gasteiger partial charge on any atom is 0.119 e. The van der Waals surface area contributed by atoms with Crippen LogP contribution in [-0.2, 0) is 6.42 Å². The van der Waals surface area contributed by atoms with Gasteiger partial charge in [-0.2, -0.15) is 0 Å². The van der Waals surface area contributed by atoms with Crippen molar-refractivity contribution in [1.29, 1.82) is 0 Å². The minimum atomic E-state index is 0.127. The molecule has 0 heterocycles. The van der Waals surface area contributed by atoms with Gasteiger partial charge in [-0.3, -0.25) is 0 Å². The van der Waals surface area contributed by atoms with Crippen molar-refractivity contribution in [2.75, 3.05) is 0 Å². The second-order valence-electron chi connectivity index (χ2n) is 8.40. The molecule has 0 bridgehead atoms. The predicted molar refractivity (Wildman–Crippen MR) is 94.6 cm³/mol. The molecule has 126 valence electrons. The van der Waals surface area contributed by atoms with Gasteiger partial charge in [0.15, 0.2) is 0 Å². The molecule has 0 aliphatic heterocycles. The van der Waals surface area contributed by atoms with Gasteiger partial charge in [0.2, 0.25) is 0 Å². The molecule has 0 radical (unpaired) electrons. The molecule has 2 nitrogen and oxygen atoms in total. The number of aromatic hydroxyl groups is 2. The van der Waals surface area contributed by atoms with Gasteiger partial charge in [0, 0.05) is 0 Å². The van der Waals surface area contributed by atoms with Crippen molar-refractivity contribution in [3.8, 4) is 11.5 Å². The third-order valence-corrected chi connectivity index (χ3v) is 7.20. The fourth-order valence-electron chi connectivity index (χ4n) is 5.39. The summed E-state index contributed by atoms with van der Waals surface area (Å²) in [5.41, 5.74) is 2.65. The molecule has 1 aromatic rings. The number of fused-ring (bicyclic) bond motifs is 1. The average Bonchev–Trinajstić information content (AvgIpc) is 2.50. The maximum absolute atomic E-state index is 10.2. The van der Waals surface area contributed by atoms with E-state index in [0.717, 1.165) is 18.4 Å². The monoisotopic (exact) mass is 314 g/mol. The van der Waals surface area contributed by atoms with Gasteiger partial charge in [0.05, 0.1) is 0 Å². The minimum absolute atomic E-state index is 0.127. The van der Waals surface area contributed by atoms with Crippen molar-refractivity contribution < 1.29 is 10.2 Å². The molecule has 2 heteroatoms. The van der Waals surface area contributed by atoms with Crippen LogP contribution in [0.1, 0.15) is 58.4 Å². The Hall–Kier alpha value is -1.44. The first kappa shape index (κ1) is 16.4. The predicted octanol–water partition coefficient (Wildman–Crippen LogP) is 5.44. The highest BCUT2D eigenvalue weighted by Gasteiger charge is 2.53. The van der Waals surface area contributed by atoms with Crippen LogP contribution in [0.5, 0.6) is 11.5 Å². The topological polar surface area (TPSA) is 40.5 Å². The van der Waals surface area contributed by atoms with Crippen molar-refractivity contribution in [2.24, 2.45) is 22.7 Å². The normalized spacial score (nSPS) is 37.4. The van der Waals surface area contributed by atoms with Crippen LogP contribution in [-0.4, -0.2) is 10.2 Å². The summed E-state index contributed by atoms with van der Waals surface area (Å²) in [5.74, 6) is 1.74. The van der Waals surface area contributed by atoms with Gasteiger partial charge in [-0.25, -0.2) is 0 Å². The van der Waals surface area contributed by atoms with E-state index in [4.69, 9.17) is 0 Å². The molecule has 2 fully saturated rings. The first-order valence-electron chi connectivity index (χ1n) is 8.96. The minimum Gasteiger partial charge on any atom is -0.508 e. The Balaban J connectivity index is 1.99. The van der Waals surface area contributed by atoms with Crippen molar-refractivity contribution in [3.05, 3.63) is 35.9 Å². The molecule has 2 aliphatic carbocycles. The molecule has 0 aromatic heterocycles. The highest BCUT2D eigenvalue weighted by Crippen LogP contribution is 2.62. The van der Waals surface area contributed by atoms with Gasteiger partial charge < -0.3 is 10.2 Å². The summed E-state index contributed by atoms with van der Waals surface area (Å²) in [5, 5.41) is 20.1. The molecule has 4 atom stereocenters. The highest BCUT2D eigenvalue weighted by atomic mass is 16.3. The smallest absolute Gasteiger partial charge is 0.119 e. The summed E-state index contributed by atoms with van der Waals surface area (Å²) in [4.78, 5) is 0. The Morgan fingerprint density at radius 2 is 1.96 bits per heavy atom. The van der Waals surface area contributed by atoms with E-state index in [1.165, 1.54) is 31.3 Å². The van der Waals surface area contributed by atoms with E-state index in [1.807, 2.05) is 0 Å². The number of allylic oxidation sites excluding steroid dienone is 1. The molecular weight excluding hydrogens is 284 g/mol. The number of rotatable bonds is 2. The standard InChI is InChI=1S/C21H30O2/c1-14-6-5-7-19-20(14,3)11-10-15(2)21(19,4)13-16-12-17(22)8-9-18(16)23/h8-9,12,15,19,22-23H,1,5-7,10-11,13H2,2-4H3/t15-,19+,20+,21+/m1/s1. The summed E-state index contributed by atoms with van der Waals surface area (Å²) in [6.07, 6.45) is 6.90. The zero-order valence-corrected chi connectivity index (χ0v) is 14.7. The fourth-order valence-corrected chi connectivity index (χ4v) is 5.39. The third kappa shape index (κ3) is 2.56. The van der Waals surface area contributed by atoms with E-state index in [1.54, 1.807) is 18.2 Å². The molecule has 3 rings (SSSR count). The van der Waals surface area contributed by atoms with Crippen molar-refractivity contribution in [3.63, 3.8) is 0 Å². The van der Waals surface area contributed by atoms with Crippen LogP contribution in [0.3, 0.4) is 0 Å². The quantitative estimate of drug-likeness (QED) is 0.564. The first-order valence-corrected chi connectivity index (χ1v) is 8.96. The molecule has 0 spiro atoms. The van der Waals surface area contributed by atoms with Crippen LogP contribution in [0, 0.1) is 22.7 Å². The van der Waals surface area contributed by atoms with Gasteiger partial charge in [-0.05, 0) is 85.0 Å². The van der Waals surface area contributed by atoms with Gasteiger partial charge in [-0.1, -0.05) is 32.9 Å². The van der Waals surface area contributed by atoms with Gasteiger partial charge >= 0.3 is 0 Å². The molecule has 0 saturated heterocycles. The number of phenols is 2. The molecule has 0 amide bonds. The zero-order chi connectivity index (χ0) is 16.8. The van der Waals surface area contributed by atoms with Crippen LogP contribution in [0.25, 0.3) is 0 Å². The second-order valence-corrected chi connectivity index (χ2v) is 8.40. The Labute approximate surface area is 140 Å². The molecule has 0 unspecified atom stereocenters. The largest absolute Gasteiger partial charge is 0.508 e. The Bertz CT molecular complexity index is 620. The van der Waals surface area contributed by atoms with Crippen LogP contribution < -0.4 is 0 Å². The zero-order valence-electron chi connectivity index (χ0n) is 14.7. The van der Waals surface area contributed by atoms with E-state index in [2.05, 4.69) is 27.4 Å². The van der Waals surface area contributed by atoms with Crippen molar-refractivity contribution in [2.45, 2.75) is 59.3 Å². The highest BCUT2D eigenvalue weighted by molar-refractivity contribution is 5.39. The van der Waals surface area contributed by atoms with E-state index in [0.29, 0.717) is 17.6 Å². The molecular formula is C21H30O2. The number of hydrogen-bond donors (Lipinski definition) is 2. The molecule has 23 heavy (non-hydrogen) atoms. The van der Waals surface area contributed by atoms with E-state index < -0.39 is 0 Å². The first-order chi connectivity index (χ1) is 10.8. The number of hydrogen-bond acceptors (Lipinski definition) is 2. The lowest BCUT2D eigenvalue weighted by Gasteiger charge is -2.58. The van der Waals surface area contributed by atoms with Gasteiger partial charge in [0.1, 0.15) is 11.5 Å². The second kappa shape index (κ2) is 5.58. The average molecular weight is 314 g/mol. The van der Waals surface area contributed by atoms with Gasteiger partial charge in [-0.15, -0.1) is 0 Å². The van der Waals surface area contributed by atoms with Crippen LogP contribution in [0.15, 0.2) is 30.4 Å². The van der Waals surface area contributed by atoms with Crippen molar-refractivity contribution >= 4 is 0 Å². The summed E-state index contributed by atoms with van der Waals surface area (Å²) in [7, 11) is 0.